The molecule has 1 aliphatic rings. The summed E-state index contributed by atoms with van der Waals surface area (Å²) in [5, 5.41) is 2.91. The van der Waals surface area contributed by atoms with E-state index in [-0.39, 0.29) is 12.5 Å². The molecule has 1 aromatic heterocycles. The van der Waals surface area contributed by atoms with Crippen molar-refractivity contribution in [1.29, 1.82) is 0 Å². The lowest BCUT2D eigenvalue weighted by molar-refractivity contribution is -0.147. The molecule has 144 valence electrons. The first-order valence-electron chi connectivity index (χ1n) is 8.64. The van der Waals surface area contributed by atoms with Gasteiger partial charge in [-0.1, -0.05) is 0 Å². The molecule has 27 heavy (non-hydrogen) atoms. The Bertz CT molecular complexity index is 850. The number of aryl methyl sites for hydroxylation is 1. The molecule has 1 aromatic carbocycles. The van der Waals surface area contributed by atoms with Crippen molar-refractivity contribution in [2.45, 2.75) is 32.9 Å². The van der Waals surface area contributed by atoms with E-state index in [1.54, 1.807) is 31.3 Å². The van der Waals surface area contributed by atoms with Crippen LogP contribution >= 0.6 is 11.3 Å². The van der Waals surface area contributed by atoms with Gasteiger partial charge in [-0.2, -0.15) is 0 Å². The first kappa shape index (κ1) is 19.3. The van der Waals surface area contributed by atoms with Gasteiger partial charge in [-0.25, -0.2) is 9.78 Å². The van der Waals surface area contributed by atoms with Gasteiger partial charge in [0.15, 0.2) is 6.10 Å². The highest BCUT2D eigenvalue weighted by Gasteiger charge is 2.38. The standard InChI is InChI=1S/C19H22N2O5S/c1-11(19(23)25-8-7-24-4)21-16-9-14(15-10-27-13(3)20-15)5-6-17(16)26-12(2)18(21)22/h5-6,9-12H,7-8H2,1-4H3. The van der Waals surface area contributed by atoms with Gasteiger partial charge in [0.25, 0.3) is 5.91 Å². The van der Waals surface area contributed by atoms with Gasteiger partial charge < -0.3 is 14.2 Å². The molecule has 0 saturated heterocycles. The largest absolute Gasteiger partial charge is 0.479 e. The van der Waals surface area contributed by atoms with Crippen molar-refractivity contribution in [3.63, 3.8) is 0 Å². The molecule has 2 aromatic rings. The minimum atomic E-state index is -0.785. The number of ether oxygens (including phenoxy) is 3. The fraction of sp³-hybridized carbons (Fsp3) is 0.421. The van der Waals surface area contributed by atoms with Crippen LogP contribution in [0.25, 0.3) is 11.3 Å². The van der Waals surface area contributed by atoms with E-state index in [0.717, 1.165) is 16.3 Å². The summed E-state index contributed by atoms with van der Waals surface area (Å²) in [7, 11) is 1.53. The zero-order valence-corrected chi connectivity index (χ0v) is 16.5. The third-order valence-corrected chi connectivity index (χ3v) is 5.06. The van der Waals surface area contributed by atoms with E-state index in [2.05, 4.69) is 4.98 Å². The summed E-state index contributed by atoms with van der Waals surface area (Å²) in [5.41, 5.74) is 2.22. The molecular formula is C19H22N2O5S. The molecule has 2 unspecified atom stereocenters. The topological polar surface area (TPSA) is 78.0 Å². The van der Waals surface area contributed by atoms with Crippen molar-refractivity contribution in [2.24, 2.45) is 0 Å². The maximum atomic E-state index is 12.8. The summed E-state index contributed by atoms with van der Waals surface area (Å²) >= 11 is 1.55. The number of anilines is 1. The van der Waals surface area contributed by atoms with Gasteiger partial charge in [0.1, 0.15) is 18.4 Å². The fourth-order valence-corrected chi connectivity index (χ4v) is 3.49. The van der Waals surface area contributed by atoms with Crippen molar-refractivity contribution >= 4 is 28.9 Å². The Hall–Kier alpha value is -2.45. The van der Waals surface area contributed by atoms with Crippen LogP contribution in [0.2, 0.25) is 0 Å². The van der Waals surface area contributed by atoms with Crippen LogP contribution in [-0.2, 0) is 19.1 Å². The Morgan fingerprint density at radius 2 is 2.19 bits per heavy atom. The summed E-state index contributed by atoms with van der Waals surface area (Å²) in [4.78, 5) is 31.1. The lowest BCUT2D eigenvalue weighted by Crippen LogP contribution is -2.52. The molecular weight excluding hydrogens is 368 g/mol. The second kappa shape index (κ2) is 8.06. The number of nitrogens with zero attached hydrogens (tertiary/aromatic N) is 2. The quantitative estimate of drug-likeness (QED) is 0.558. The fourth-order valence-electron chi connectivity index (χ4n) is 2.87. The van der Waals surface area contributed by atoms with Crippen LogP contribution < -0.4 is 9.64 Å². The number of benzene rings is 1. The summed E-state index contributed by atoms with van der Waals surface area (Å²) in [6.07, 6.45) is -0.681. The van der Waals surface area contributed by atoms with Gasteiger partial charge in [0.05, 0.1) is 23.0 Å². The van der Waals surface area contributed by atoms with Crippen LogP contribution in [0.3, 0.4) is 0 Å². The highest BCUT2D eigenvalue weighted by atomic mass is 32.1. The van der Waals surface area contributed by atoms with Crippen LogP contribution in [0.4, 0.5) is 5.69 Å². The van der Waals surface area contributed by atoms with Gasteiger partial charge in [-0.3, -0.25) is 9.69 Å². The van der Waals surface area contributed by atoms with E-state index in [0.29, 0.717) is 18.0 Å². The Morgan fingerprint density at radius 1 is 1.41 bits per heavy atom. The Balaban J connectivity index is 1.94. The minimum Gasteiger partial charge on any atom is -0.479 e. The molecule has 0 fully saturated rings. The smallest absolute Gasteiger partial charge is 0.329 e. The Kier molecular flexibility index (Phi) is 5.76. The molecule has 2 atom stereocenters. The molecule has 2 heterocycles. The lowest BCUT2D eigenvalue weighted by atomic mass is 10.1. The number of hydrogen-bond acceptors (Lipinski definition) is 7. The molecule has 0 radical (unpaired) electrons. The summed E-state index contributed by atoms with van der Waals surface area (Å²) in [5.74, 6) is -0.227. The number of hydrogen-bond donors (Lipinski definition) is 0. The zero-order valence-electron chi connectivity index (χ0n) is 15.7. The van der Waals surface area contributed by atoms with Crippen molar-refractivity contribution < 1.29 is 23.8 Å². The SMILES string of the molecule is COCCOC(=O)C(C)N1C(=O)C(C)Oc2ccc(-c3csc(C)n3)cc21. The van der Waals surface area contributed by atoms with Crippen molar-refractivity contribution in [3.05, 3.63) is 28.6 Å². The van der Waals surface area contributed by atoms with Crippen LogP contribution in [-0.4, -0.2) is 49.3 Å². The molecule has 1 aliphatic heterocycles. The zero-order chi connectivity index (χ0) is 19.6. The van der Waals surface area contributed by atoms with Crippen molar-refractivity contribution in [3.8, 4) is 17.0 Å². The van der Waals surface area contributed by atoms with Gasteiger partial charge >= 0.3 is 5.97 Å². The number of thiazole rings is 1. The monoisotopic (exact) mass is 390 g/mol. The molecule has 0 bridgehead atoms. The predicted molar refractivity (Wildman–Crippen MR) is 102 cm³/mol. The second-order valence-electron chi connectivity index (χ2n) is 6.24. The highest BCUT2D eigenvalue weighted by Crippen LogP contribution is 2.38. The van der Waals surface area contributed by atoms with Gasteiger partial charge in [-0.15, -0.1) is 11.3 Å². The van der Waals surface area contributed by atoms with Gasteiger partial charge in [-0.05, 0) is 39.0 Å². The van der Waals surface area contributed by atoms with E-state index in [1.807, 2.05) is 24.4 Å². The van der Waals surface area contributed by atoms with E-state index < -0.39 is 18.1 Å². The Morgan fingerprint density at radius 3 is 2.85 bits per heavy atom. The third kappa shape index (κ3) is 3.96. The van der Waals surface area contributed by atoms with Crippen molar-refractivity contribution in [1.82, 2.24) is 4.98 Å². The maximum absolute atomic E-state index is 12.8. The van der Waals surface area contributed by atoms with E-state index >= 15 is 0 Å². The number of rotatable bonds is 6. The normalized spacial score (nSPS) is 17.3. The maximum Gasteiger partial charge on any atom is 0.329 e. The number of fused-ring (bicyclic) bond motifs is 1. The number of methoxy groups -OCH3 is 1. The van der Waals surface area contributed by atoms with E-state index in [9.17, 15) is 9.59 Å². The van der Waals surface area contributed by atoms with E-state index in [4.69, 9.17) is 14.2 Å². The number of amides is 1. The molecule has 8 heteroatoms. The molecule has 0 saturated carbocycles. The summed E-state index contributed by atoms with van der Waals surface area (Å²) in [6, 6.07) is 4.74. The number of aromatic nitrogens is 1. The molecule has 0 spiro atoms. The number of esters is 1. The molecule has 0 aliphatic carbocycles. The first-order chi connectivity index (χ1) is 12.9. The Labute approximate surface area is 161 Å². The molecule has 0 N–H and O–H groups in total. The highest BCUT2D eigenvalue weighted by molar-refractivity contribution is 7.09. The predicted octanol–water partition coefficient (Wildman–Crippen LogP) is 2.81. The van der Waals surface area contributed by atoms with E-state index in [1.165, 1.54) is 12.0 Å². The average molecular weight is 390 g/mol. The minimum absolute atomic E-state index is 0.138. The van der Waals surface area contributed by atoms with Crippen LogP contribution in [0, 0.1) is 6.92 Å². The second-order valence-corrected chi connectivity index (χ2v) is 7.30. The molecule has 7 nitrogen and oxygen atoms in total. The number of carbonyl (C=O) groups is 2. The molecule has 1 amide bonds. The summed E-state index contributed by atoms with van der Waals surface area (Å²) < 4.78 is 15.8. The average Bonchev–Trinajstić information content (AvgIpc) is 3.08. The van der Waals surface area contributed by atoms with Crippen molar-refractivity contribution in [2.75, 3.05) is 25.2 Å². The molecule has 3 rings (SSSR count). The van der Waals surface area contributed by atoms with Crippen LogP contribution in [0.5, 0.6) is 5.75 Å². The van der Waals surface area contributed by atoms with Crippen LogP contribution in [0.1, 0.15) is 18.9 Å². The van der Waals surface area contributed by atoms with Crippen LogP contribution in [0.15, 0.2) is 23.6 Å². The lowest BCUT2D eigenvalue weighted by Gasteiger charge is -2.36. The third-order valence-electron chi connectivity index (χ3n) is 4.28. The number of carbonyl (C=O) groups excluding carboxylic acids is 2. The summed E-state index contributed by atoms with van der Waals surface area (Å²) in [6.45, 7) is 5.69. The van der Waals surface area contributed by atoms with Gasteiger partial charge in [0, 0.05) is 18.1 Å². The first-order valence-corrected chi connectivity index (χ1v) is 9.52. The van der Waals surface area contributed by atoms with Gasteiger partial charge in [0.2, 0.25) is 0 Å².